The Morgan fingerprint density at radius 1 is 1.46 bits per heavy atom. The van der Waals surface area contributed by atoms with E-state index in [1.165, 1.54) is 18.2 Å². The minimum Gasteiger partial charge on any atom is -0.508 e. The number of hydrogen-bond donors (Lipinski definition) is 2. The molecule has 0 saturated carbocycles. The van der Waals surface area contributed by atoms with Crippen LogP contribution in [0.2, 0.25) is 0 Å². The first kappa shape index (κ1) is 15.6. The highest BCUT2D eigenvalue weighted by atomic mass is 16.5. The first-order chi connectivity index (χ1) is 11.5. The van der Waals surface area contributed by atoms with Crippen LogP contribution in [-0.2, 0) is 9.53 Å². The number of fused-ring (bicyclic) bond motifs is 3. The number of nitriles is 1. The molecule has 122 valence electrons. The molecule has 2 heterocycles. The average Bonchev–Trinajstić information content (AvgIpc) is 2.54. The zero-order chi connectivity index (χ0) is 17.3. The molecule has 1 unspecified atom stereocenters. The number of carbonyl (C=O) groups is 1. The van der Waals surface area contributed by atoms with Gasteiger partial charge in [-0.2, -0.15) is 5.26 Å². The van der Waals surface area contributed by atoms with Crippen molar-refractivity contribution >= 4 is 5.97 Å². The standard InChI is InChI=1S/C17H14N2O5/c1-2-23-15(21)7-14-12-5-9(8-18)17(22)19-16(12)11-4-3-10(20)6-13(11)24-14/h3-6,14,20H,2,7H2,1H3,(H,19,22). The van der Waals surface area contributed by atoms with Crippen molar-refractivity contribution in [2.24, 2.45) is 0 Å². The van der Waals surface area contributed by atoms with E-state index in [9.17, 15) is 14.7 Å². The van der Waals surface area contributed by atoms with Gasteiger partial charge in [0.05, 0.1) is 18.7 Å². The Morgan fingerprint density at radius 3 is 2.96 bits per heavy atom. The molecule has 1 aliphatic heterocycles. The third-order valence-electron chi connectivity index (χ3n) is 3.70. The van der Waals surface area contributed by atoms with Crippen molar-refractivity contribution in [3.8, 4) is 28.8 Å². The van der Waals surface area contributed by atoms with Crippen LogP contribution >= 0.6 is 0 Å². The summed E-state index contributed by atoms with van der Waals surface area (Å²) in [5.74, 6) is -0.109. The van der Waals surface area contributed by atoms with Crippen molar-refractivity contribution < 1.29 is 19.4 Å². The number of nitrogens with zero attached hydrogens (tertiary/aromatic N) is 1. The maximum Gasteiger partial charge on any atom is 0.309 e. The van der Waals surface area contributed by atoms with Crippen molar-refractivity contribution in [2.75, 3.05) is 6.61 Å². The molecule has 0 bridgehead atoms. The summed E-state index contributed by atoms with van der Waals surface area (Å²) < 4.78 is 10.7. The van der Waals surface area contributed by atoms with Gasteiger partial charge in [-0.15, -0.1) is 0 Å². The predicted molar refractivity (Wildman–Crippen MR) is 83.5 cm³/mol. The monoisotopic (exact) mass is 326 g/mol. The summed E-state index contributed by atoms with van der Waals surface area (Å²) in [6.07, 6.45) is -0.801. The number of pyridine rings is 1. The van der Waals surface area contributed by atoms with Crippen LogP contribution in [0, 0.1) is 11.3 Å². The van der Waals surface area contributed by atoms with Crippen LogP contribution in [0.3, 0.4) is 0 Å². The van der Waals surface area contributed by atoms with Gasteiger partial charge in [-0.25, -0.2) is 0 Å². The molecule has 0 saturated heterocycles. The Kier molecular flexibility index (Phi) is 3.96. The molecule has 1 atom stereocenters. The minimum absolute atomic E-state index is 0.00285. The zero-order valence-corrected chi connectivity index (χ0v) is 12.8. The normalized spacial score (nSPS) is 14.8. The van der Waals surface area contributed by atoms with Gasteiger partial charge in [-0.05, 0) is 25.1 Å². The lowest BCUT2D eigenvalue weighted by Gasteiger charge is -2.28. The molecular weight excluding hydrogens is 312 g/mol. The molecule has 2 aromatic rings. The van der Waals surface area contributed by atoms with E-state index < -0.39 is 17.6 Å². The summed E-state index contributed by atoms with van der Waals surface area (Å²) in [5.41, 5.74) is 0.983. The van der Waals surface area contributed by atoms with Crippen molar-refractivity contribution in [3.63, 3.8) is 0 Å². The van der Waals surface area contributed by atoms with Gasteiger partial charge in [0.1, 0.15) is 29.2 Å². The van der Waals surface area contributed by atoms with Crippen molar-refractivity contribution in [1.82, 2.24) is 4.98 Å². The number of H-pyrrole nitrogens is 1. The molecule has 1 aromatic heterocycles. The summed E-state index contributed by atoms with van der Waals surface area (Å²) in [7, 11) is 0. The predicted octanol–water partition coefficient (Wildman–Crippen LogP) is 2.01. The molecule has 7 nitrogen and oxygen atoms in total. The Bertz CT molecular complexity index is 910. The second-order valence-corrected chi connectivity index (χ2v) is 5.25. The number of ether oxygens (including phenoxy) is 2. The quantitative estimate of drug-likeness (QED) is 0.834. The van der Waals surface area contributed by atoms with E-state index in [1.54, 1.807) is 13.0 Å². The number of nitrogens with one attached hydrogen (secondary N) is 1. The number of aromatic hydroxyl groups is 1. The van der Waals surface area contributed by atoms with Crippen molar-refractivity contribution in [3.05, 3.63) is 45.7 Å². The zero-order valence-electron chi connectivity index (χ0n) is 12.8. The number of phenolic OH excluding ortho intramolecular Hbond substituents is 1. The van der Waals surface area contributed by atoms with Gasteiger partial charge in [-0.3, -0.25) is 9.59 Å². The highest BCUT2D eigenvalue weighted by Gasteiger charge is 2.30. The lowest BCUT2D eigenvalue weighted by atomic mass is 9.94. The Balaban J connectivity index is 2.14. The van der Waals surface area contributed by atoms with Crippen molar-refractivity contribution in [2.45, 2.75) is 19.4 Å². The van der Waals surface area contributed by atoms with E-state index in [2.05, 4.69) is 4.98 Å². The topological polar surface area (TPSA) is 112 Å². The molecule has 0 aliphatic carbocycles. The van der Waals surface area contributed by atoms with Crippen LogP contribution in [0.1, 0.15) is 30.6 Å². The third-order valence-corrected chi connectivity index (χ3v) is 3.70. The smallest absolute Gasteiger partial charge is 0.309 e. The molecule has 7 heteroatoms. The van der Waals surface area contributed by atoms with E-state index >= 15 is 0 Å². The van der Waals surface area contributed by atoms with Crippen LogP contribution < -0.4 is 10.3 Å². The second-order valence-electron chi connectivity index (χ2n) is 5.25. The number of phenols is 1. The molecule has 2 N–H and O–H groups in total. The van der Waals surface area contributed by atoms with Crippen LogP contribution in [0.4, 0.5) is 0 Å². The molecular formula is C17H14N2O5. The molecule has 1 aliphatic rings. The molecule has 0 radical (unpaired) electrons. The number of rotatable bonds is 3. The van der Waals surface area contributed by atoms with Crippen LogP contribution in [0.5, 0.6) is 11.5 Å². The highest BCUT2D eigenvalue weighted by Crippen LogP contribution is 2.43. The first-order valence-electron chi connectivity index (χ1n) is 7.36. The number of esters is 1. The van der Waals surface area contributed by atoms with Gasteiger partial charge in [0.25, 0.3) is 5.56 Å². The highest BCUT2D eigenvalue weighted by molar-refractivity contribution is 5.76. The third kappa shape index (κ3) is 2.70. The van der Waals surface area contributed by atoms with Gasteiger partial charge in [0.15, 0.2) is 0 Å². The number of aromatic amines is 1. The van der Waals surface area contributed by atoms with Gasteiger partial charge in [0, 0.05) is 17.2 Å². The fourth-order valence-corrected chi connectivity index (χ4v) is 2.66. The molecule has 0 amide bonds. The number of hydrogen-bond acceptors (Lipinski definition) is 6. The van der Waals surface area contributed by atoms with Crippen LogP contribution in [0.25, 0.3) is 11.3 Å². The Labute approximate surface area is 137 Å². The second kappa shape index (κ2) is 6.08. The fourth-order valence-electron chi connectivity index (χ4n) is 2.66. The number of aromatic nitrogens is 1. The lowest BCUT2D eigenvalue weighted by molar-refractivity contribution is -0.145. The minimum atomic E-state index is -0.725. The van der Waals surface area contributed by atoms with E-state index in [0.717, 1.165) is 0 Å². The van der Waals surface area contributed by atoms with Gasteiger partial charge < -0.3 is 19.6 Å². The van der Waals surface area contributed by atoms with E-state index in [1.807, 2.05) is 6.07 Å². The molecule has 24 heavy (non-hydrogen) atoms. The van der Waals surface area contributed by atoms with Crippen molar-refractivity contribution in [1.29, 1.82) is 5.26 Å². The first-order valence-corrected chi connectivity index (χ1v) is 7.36. The summed E-state index contributed by atoms with van der Waals surface area (Å²) in [6, 6.07) is 7.73. The molecule has 0 spiro atoms. The Hall–Kier alpha value is -3.27. The molecule has 0 fully saturated rings. The van der Waals surface area contributed by atoms with Crippen LogP contribution in [-0.4, -0.2) is 22.7 Å². The van der Waals surface area contributed by atoms with Crippen LogP contribution in [0.15, 0.2) is 29.1 Å². The average molecular weight is 326 g/mol. The van der Waals surface area contributed by atoms with Gasteiger partial charge in [0.2, 0.25) is 0 Å². The van der Waals surface area contributed by atoms with Gasteiger partial charge in [-0.1, -0.05) is 0 Å². The largest absolute Gasteiger partial charge is 0.508 e. The number of benzene rings is 1. The van der Waals surface area contributed by atoms with Gasteiger partial charge >= 0.3 is 5.97 Å². The summed E-state index contributed by atoms with van der Waals surface area (Å²) in [6.45, 7) is 1.94. The molecule has 3 rings (SSSR count). The lowest BCUT2D eigenvalue weighted by Crippen LogP contribution is -2.23. The fraction of sp³-hybridized carbons (Fsp3) is 0.235. The van der Waals surface area contributed by atoms with E-state index in [0.29, 0.717) is 22.6 Å². The Morgan fingerprint density at radius 2 is 2.25 bits per heavy atom. The SMILES string of the molecule is CCOC(=O)CC1Oc2cc(O)ccc2-c2[nH]c(=O)c(C#N)cc21. The maximum atomic E-state index is 12.0. The maximum absolute atomic E-state index is 12.0. The van der Waals surface area contributed by atoms with E-state index in [4.69, 9.17) is 14.7 Å². The van der Waals surface area contributed by atoms with E-state index in [-0.39, 0.29) is 24.3 Å². The molecule has 1 aromatic carbocycles. The summed E-state index contributed by atoms with van der Waals surface area (Å²) in [4.78, 5) is 26.5. The summed E-state index contributed by atoms with van der Waals surface area (Å²) in [5, 5.41) is 18.7. The number of carbonyl (C=O) groups excluding carboxylic acids is 1. The summed E-state index contributed by atoms with van der Waals surface area (Å²) >= 11 is 0.